The average Bonchev–Trinajstić information content (AvgIpc) is 2.67. The third-order valence-corrected chi connectivity index (χ3v) is 2.68. The number of aliphatic imine (C=N–C) groups is 1. The molecule has 1 heterocycles. The summed E-state index contributed by atoms with van der Waals surface area (Å²) in [5.41, 5.74) is 0.620. The highest BCUT2D eigenvalue weighted by atomic mass is 16.5. The molecule has 1 atom stereocenters. The fourth-order valence-electron chi connectivity index (χ4n) is 1.93. The molecule has 2 N–H and O–H groups in total. The number of guanidine groups is 1. The van der Waals surface area contributed by atoms with Crippen molar-refractivity contribution in [3.05, 3.63) is 29.8 Å². The maximum absolute atomic E-state index is 12.0. The molecule has 1 unspecified atom stereocenters. The Kier molecular flexibility index (Phi) is 3.46. The first-order valence-electron chi connectivity index (χ1n) is 6.20. The monoisotopic (exact) mass is 261 g/mol. The van der Waals surface area contributed by atoms with E-state index >= 15 is 0 Å². The largest absolute Gasteiger partial charge is 0.496 e. The lowest BCUT2D eigenvalue weighted by atomic mass is 10.1. The minimum atomic E-state index is -0.555. The molecule has 1 aliphatic rings. The van der Waals surface area contributed by atoms with E-state index in [2.05, 4.69) is 15.6 Å². The van der Waals surface area contributed by atoms with Gasteiger partial charge in [0.05, 0.1) is 7.11 Å². The highest BCUT2D eigenvalue weighted by molar-refractivity contribution is 6.05. The standard InChI is InChI=1S/C14H19N3O2/c1-14(2,3)17-13-15-11(12(18)16-13)9-7-5-6-8-10(9)19-4/h5-8,11H,1-4H3,(H2,15,16,17,18). The molecular formula is C14H19N3O2. The second-order valence-electron chi connectivity index (χ2n) is 5.49. The molecule has 1 aromatic carbocycles. The summed E-state index contributed by atoms with van der Waals surface area (Å²) in [5.74, 6) is 1.04. The molecule has 5 nitrogen and oxygen atoms in total. The normalized spacial score (nSPS) is 18.8. The summed E-state index contributed by atoms with van der Waals surface area (Å²) < 4.78 is 5.27. The number of methoxy groups -OCH3 is 1. The van der Waals surface area contributed by atoms with Crippen molar-refractivity contribution in [1.82, 2.24) is 10.6 Å². The molecule has 0 spiro atoms. The molecule has 1 amide bonds. The first-order valence-corrected chi connectivity index (χ1v) is 6.20. The highest BCUT2D eigenvalue weighted by Crippen LogP contribution is 2.29. The van der Waals surface area contributed by atoms with Crippen molar-refractivity contribution in [3.63, 3.8) is 0 Å². The summed E-state index contributed by atoms with van der Waals surface area (Å²) in [4.78, 5) is 16.4. The van der Waals surface area contributed by atoms with E-state index < -0.39 is 6.04 Å². The Morgan fingerprint density at radius 1 is 1.32 bits per heavy atom. The van der Waals surface area contributed by atoms with Gasteiger partial charge in [-0.15, -0.1) is 0 Å². The van der Waals surface area contributed by atoms with Gasteiger partial charge in [0.25, 0.3) is 5.91 Å². The number of carbonyl (C=O) groups is 1. The zero-order valence-electron chi connectivity index (χ0n) is 11.7. The van der Waals surface area contributed by atoms with Crippen molar-refractivity contribution in [2.45, 2.75) is 32.4 Å². The molecule has 5 heteroatoms. The third kappa shape index (κ3) is 3.05. The molecule has 19 heavy (non-hydrogen) atoms. The van der Waals surface area contributed by atoms with E-state index in [9.17, 15) is 4.79 Å². The molecule has 1 aliphatic heterocycles. The van der Waals surface area contributed by atoms with Crippen molar-refractivity contribution in [3.8, 4) is 5.75 Å². The fraction of sp³-hybridized carbons (Fsp3) is 0.429. The second kappa shape index (κ2) is 4.91. The number of rotatable bonds is 2. The Morgan fingerprint density at radius 3 is 2.63 bits per heavy atom. The summed E-state index contributed by atoms with van der Waals surface area (Å²) in [5, 5.41) is 5.92. The number of hydrogen-bond acceptors (Lipinski definition) is 4. The van der Waals surface area contributed by atoms with Gasteiger partial charge in [0.1, 0.15) is 5.75 Å². The number of nitrogens with zero attached hydrogens (tertiary/aromatic N) is 1. The van der Waals surface area contributed by atoms with Gasteiger partial charge in [-0.25, -0.2) is 4.99 Å². The molecule has 0 saturated heterocycles. The van der Waals surface area contributed by atoms with Crippen LogP contribution in [0.25, 0.3) is 0 Å². The Balaban J connectivity index is 2.27. The van der Waals surface area contributed by atoms with Crippen molar-refractivity contribution in [2.75, 3.05) is 7.11 Å². The Morgan fingerprint density at radius 2 is 2.00 bits per heavy atom. The van der Waals surface area contributed by atoms with Crippen LogP contribution in [0.15, 0.2) is 29.3 Å². The summed E-state index contributed by atoms with van der Waals surface area (Å²) >= 11 is 0. The van der Waals surface area contributed by atoms with Gasteiger partial charge < -0.3 is 10.1 Å². The summed E-state index contributed by atoms with van der Waals surface area (Å²) in [6.45, 7) is 6.04. The predicted molar refractivity (Wildman–Crippen MR) is 74.2 cm³/mol. The van der Waals surface area contributed by atoms with Crippen LogP contribution in [0.5, 0.6) is 5.75 Å². The van der Waals surface area contributed by atoms with Crippen molar-refractivity contribution in [2.24, 2.45) is 4.99 Å². The average molecular weight is 261 g/mol. The van der Waals surface area contributed by atoms with Gasteiger partial charge in [-0.3, -0.25) is 10.1 Å². The van der Waals surface area contributed by atoms with Gasteiger partial charge in [0.2, 0.25) is 0 Å². The van der Waals surface area contributed by atoms with Crippen molar-refractivity contribution in [1.29, 1.82) is 0 Å². The summed E-state index contributed by atoms with van der Waals surface area (Å²) in [6, 6.07) is 6.86. The number of hydrogen-bond donors (Lipinski definition) is 2. The molecular weight excluding hydrogens is 242 g/mol. The number of benzene rings is 1. The van der Waals surface area contributed by atoms with Crippen LogP contribution in [0.4, 0.5) is 0 Å². The van der Waals surface area contributed by atoms with Gasteiger partial charge in [-0.1, -0.05) is 18.2 Å². The molecule has 1 aromatic rings. The van der Waals surface area contributed by atoms with E-state index in [1.165, 1.54) is 0 Å². The maximum atomic E-state index is 12.0. The first kappa shape index (κ1) is 13.4. The fourth-order valence-corrected chi connectivity index (χ4v) is 1.93. The van der Waals surface area contributed by atoms with E-state index in [1.807, 2.05) is 45.0 Å². The van der Waals surface area contributed by atoms with Crippen LogP contribution in [-0.4, -0.2) is 24.5 Å². The highest BCUT2D eigenvalue weighted by Gasteiger charge is 2.31. The summed E-state index contributed by atoms with van der Waals surface area (Å²) in [6.07, 6.45) is 0. The zero-order chi connectivity index (χ0) is 14.0. The van der Waals surface area contributed by atoms with Crippen LogP contribution in [0, 0.1) is 0 Å². The molecule has 0 aliphatic carbocycles. The number of carbonyl (C=O) groups excluding carboxylic acids is 1. The van der Waals surface area contributed by atoms with Crippen molar-refractivity contribution >= 4 is 11.9 Å². The van der Waals surface area contributed by atoms with Crippen LogP contribution in [-0.2, 0) is 4.79 Å². The molecule has 0 radical (unpaired) electrons. The lowest BCUT2D eigenvalue weighted by Gasteiger charge is -2.21. The Bertz CT molecular complexity index is 518. The van der Waals surface area contributed by atoms with E-state index in [4.69, 9.17) is 4.74 Å². The van der Waals surface area contributed by atoms with Crippen molar-refractivity contribution < 1.29 is 9.53 Å². The molecule has 0 saturated carbocycles. The van der Waals surface area contributed by atoms with Gasteiger partial charge in [0.15, 0.2) is 12.0 Å². The molecule has 0 bridgehead atoms. The van der Waals surface area contributed by atoms with Gasteiger partial charge in [0, 0.05) is 11.1 Å². The minimum absolute atomic E-state index is 0.142. The quantitative estimate of drug-likeness (QED) is 0.850. The smallest absolute Gasteiger partial charge is 0.256 e. The van der Waals surface area contributed by atoms with Gasteiger partial charge in [-0.2, -0.15) is 0 Å². The first-order chi connectivity index (χ1) is 8.90. The SMILES string of the molecule is COc1ccccc1C1N=C(NC(C)(C)C)NC1=O. The number of nitrogens with one attached hydrogen (secondary N) is 2. The molecule has 0 aromatic heterocycles. The number of ether oxygens (including phenoxy) is 1. The Labute approximate surface area is 113 Å². The molecule has 0 fully saturated rings. The topological polar surface area (TPSA) is 62.7 Å². The summed E-state index contributed by atoms with van der Waals surface area (Å²) in [7, 11) is 1.59. The molecule has 102 valence electrons. The van der Waals surface area contributed by atoms with Crippen LogP contribution in [0.1, 0.15) is 32.4 Å². The van der Waals surface area contributed by atoms with E-state index in [-0.39, 0.29) is 11.4 Å². The van der Waals surface area contributed by atoms with Crippen LogP contribution in [0.2, 0.25) is 0 Å². The van der Waals surface area contributed by atoms with Gasteiger partial charge >= 0.3 is 0 Å². The minimum Gasteiger partial charge on any atom is -0.496 e. The predicted octanol–water partition coefficient (Wildman–Crippen LogP) is 1.61. The zero-order valence-corrected chi connectivity index (χ0v) is 11.7. The van der Waals surface area contributed by atoms with Crippen LogP contribution in [0.3, 0.4) is 0 Å². The Hall–Kier alpha value is -2.04. The molecule has 2 rings (SSSR count). The lowest BCUT2D eigenvalue weighted by molar-refractivity contribution is -0.120. The van der Waals surface area contributed by atoms with Crippen LogP contribution >= 0.6 is 0 Å². The second-order valence-corrected chi connectivity index (χ2v) is 5.49. The number of amides is 1. The van der Waals surface area contributed by atoms with Crippen LogP contribution < -0.4 is 15.4 Å². The number of para-hydroxylation sites is 1. The third-order valence-electron chi connectivity index (χ3n) is 2.68. The van der Waals surface area contributed by atoms with E-state index in [0.29, 0.717) is 11.7 Å². The van der Waals surface area contributed by atoms with Gasteiger partial charge in [-0.05, 0) is 26.8 Å². The lowest BCUT2D eigenvalue weighted by Crippen LogP contribution is -2.46. The maximum Gasteiger partial charge on any atom is 0.256 e. The van der Waals surface area contributed by atoms with E-state index in [0.717, 1.165) is 5.56 Å². The van der Waals surface area contributed by atoms with E-state index in [1.54, 1.807) is 7.11 Å².